The lowest BCUT2D eigenvalue weighted by molar-refractivity contribution is -0.123. The molecule has 5 heteroatoms. The van der Waals surface area contributed by atoms with Gasteiger partial charge in [0.25, 0.3) is 5.91 Å². The molecule has 0 aliphatic carbocycles. The van der Waals surface area contributed by atoms with Gasteiger partial charge in [0.2, 0.25) is 0 Å². The lowest BCUT2D eigenvalue weighted by Gasteiger charge is -2.10. The molecular weight excluding hydrogens is 318 g/mol. The van der Waals surface area contributed by atoms with Crippen molar-refractivity contribution in [1.29, 1.82) is 0 Å². The van der Waals surface area contributed by atoms with E-state index in [1.807, 2.05) is 0 Å². The lowest BCUT2D eigenvalue weighted by Crippen LogP contribution is -2.29. The number of amides is 1. The van der Waals surface area contributed by atoms with E-state index in [4.69, 9.17) is 14.2 Å². The third-order valence-electron chi connectivity index (χ3n) is 3.78. The average molecular weight is 343 g/mol. The Morgan fingerprint density at radius 2 is 1.56 bits per heavy atom. The first-order valence-electron chi connectivity index (χ1n) is 8.29. The van der Waals surface area contributed by atoms with Crippen LogP contribution in [0.25, 0.3) is 0 Å². The zero-order chi connectivity index (χ0) is 18.1. The minimum atomic E-state index is -0.148. The van der Waals surface area contributed by atoms with E-state index in [0.29, 0.717) is 23.8 Å². The quantitative estimate of drug-likeness (QED) is 0.711. The molecule has 1 amide bonds. The fraction of sp³-hybridized carbons (Fsp3) is 0.350. The molecule has 0 aliphatic rings. The van der Waals surface area contributed by atoms with Gasteiger partial charge in [-0.05, 0) is 25.3 Å². The number of methoxy groups -OCH3 is 2. The van der Waals surface area contributed by atoms with E-state index < -0.39 is 0 Å². The van der Waals surface area contributed by atoms with Gasteiger partial charge in [-0.3, -0.25) is 4.79 Å². The number of hydrogen-bond donors (Lipinski definition) is 1. The summed E-state index contributed by atoms with van der Waals surface area (Å²) in [6.07, 6.45) is 1.83. The third-order valence-corrected chi connectivity index (χ3v) is 3.78. The molecule has 2 rings (SSSR count). The minimum absolute atomic E-state index is 0.0408. The predicted octanol–water partition coefficient (Wildman–Crippen LogP) is 3.14. The summed E-state index contributed by atoms with van der Waals surface area (Å²) in [4.78, 5) is 11.9. The van der Waals surface area contributed by atoms with Crippen LogP contribution >= 0.6 is 0 Å². The summed E-state index contributed by atoms with van der Waals surface area (Å²) in [5.74, 6) is 1.62. The van der Waals surface area contributed by atoms with Gasteiger partial charge >= 0.3 is 0 Å². The summed E-state index contributed by atoms with van der Waals surface area (Å²) in [7, 11) is 3.14. The second-order valence-electron chi connectivity index (χ2n) is 5.78. The largest absolute Gasteiger partial charge is 0.496 e. The van der Waals surface area contributed by atoms with Crippen molar-refractivity contribution in [1.82, 2.24) is 5.32 Å². The molecule has 25 heavy (non-hydrogen) atoms. The topological polar surface area (TPSA) is 56.8 Å². The van der Waals surface area contributed by atoms with Crippen LogP contribution in [0, 0.1) is 6.92 Å². The van der Waals surface area contributed by atoms with Crippen LogP contribution in [-0.4, -0.2) is 33.3 Å². The van der Waals surface area contributed by atoms with E-state index >= 15 is 0 Å². The molecule has 2 aromatic carbocycles. The lowest BCUT2D eigenvalue weighted by atomic mass is 10.1. The minimum Gasteiger partial charge on any atom is -0.496 e. The Labute approximate surface area is 148 Å². The number of carbonyl (C=O) groups excluding carboxylic acids is 1. The first kappa shape index (κ1) is 18.6. The monoisotopic (exact) mass is 343 g/mol. The van der Waals surface area contributed by atoms with Gasteiger partial charge in [-0.2, -0.15) is 0 Å². The van der Waals surface area contributed by atoms with Gasteiger partial charge in [0.05, 0.1) is 14.2 Å². The van der Waals surface area contributed by atoms with Crippen molar-refractivity contribution in [3.05, 3.63) is 53.6 Å². The fourth-order valence-electron chi connectivity index (χ4n) is 2.34. The molecule has 0 saturated carbocycles. The number of carbonyl (C=O) groups is 1. The molecule has 0 aromatic heterocycles. The van der Waals surface area contributed by atoms with Gasteiger partial charge in [-0.1, -0.05) is 29.8 Å². The maximum atomic E-state index is 11.9. The van der Waals surface area contributed by atoms with Crippen LogP contribution in [0.2, 0.25) is 0 Å². The van der Waals surface area contributed by atoms with Crippen molar-refractivity contribution in [2.75, 3.05) is 27.4 Å². The maximum absolute atomic E-state index is 11.9. The van der Waals surface area contributed by atoms with Gasteiger partial charge < -0.3 is 19.5 Å². The van der Waals surface area contributed by atoms with E-state index in [0.717, 1.165) is 12.8 Å². The first-order valence-corrected chi connectivity index (χ1v) is 8.29. The highest BCUT2D eigenvalue weighted by atomic mass is 16.5. The molecule has 5 nitrogen and oxygen atoms in total. The molecule has 0 heterocycles. The van der Waals surface area contributed by atoms with E-state index in [2.05, 4.69) is 36.5 Å². The van der Waals surface area contributed by atoms with Crippen molar-refractivity contribution in [3.63, 3.8) is 0 Å². The summed E-state index contributed by atoms with van der Waals surface area (Å²) in [5.41, 5.74) is 2.53. The highest BCUT2D eigenvalue weighted by Gasteiger charge is 2.06. The van der Waals surface area contributed by atoms with Crippen LogP contribution < -0.4 is 19.5 Å². The van der Waals surface area contributed by atoms with Crippen molar-refractivity contribution in [2.24, 2.45) is 0 Å². The summed E-state index contributed by atoms with van der Waals surface area (Å²) in [6, 6.07) is 13.6. The van der Waals surface area contributed by atoms with Crippen LogP contribution in [0.5, 0.6) is 17.2 Å². The molecule has 0 unspecified atom stereocenters. The van der Waals surface area contributed by atoms with Crippen LogP contribution in [-0.2, 0) is 11.2 Å². The normalized spacial score (nSPS) is 10.2. The Morgan fingerprint density at radius 3 is 2.16 bits per heavy atom. The number of rotatable bonds is 9. The second-order valence-corrected chi connectivity index (χ2v) is 5.78. The van der Waals surface area contributed by atoms with Crippen LogP contribution in [0.3, 0.4) is 0 Å². The Kier molecular flexibility index (Phi) is 7.14. The van der Waals surface area contributed by atoms with Crippen LogP contribution in [0.1, 0.15) is 17.5 Å². The summed E-state index contributed by atoms with van der Waals surface area (Å²) < 4.78 is 15.9. The summed E-state index contributed by atoms with van der Waals surface area (Å²) >= 11 is 0. The molecule has 1 N–H and O–H groups in total. The Hall–Kier alpha value is -2.69. The first-order chi connectivity index (χ1) is 12.1. The van der Waals surface area contributed by atoms with Gasteiger partial charge in [-0.15, -0.1) is 0 Å². The number of hydrogen-bond acceptors (Lipinski definition) is 4. The van der Waals surface area contributed by atoms with Gasteiger partial charge in [0.15, 0.2) is 6.61 Å². The van der Waals surface area contributed by atoms with Gasteiger partial charge in [-0.25, -0.2) is 0 Å². The zero-order valence-corrected chi connectivity index (χ0v) is 15.0. The van der Waals surface area contributed by atoms with Crippen molar-refractivity contribution < 1.29 is 19.0 Å². The summed E-state index contributed by atoms with van der Waals surface area (Å²) in [6.45, 7) is 2.65. The Morgan fingerprint density at radius 1 is 0.960 bits per heavy atom. The zero-order valence-electron chi connectivity index (χ0n) is 15.0. The van der Waals surface area contributed by atoms with Crippen LogP contribution in [0.4, 0.5) is 0 Å². The van der Waals surface area contributed by atoms with E-state index in [1.165, 1.54) is 11.1 Å². The van der Waals surface area contributed by atoms with Crippen molar-refractivity contribution in [2.45, 2.75) is 19.8 Å². The molecule has 0 bridgehead atoms. The fourth-order valence-corrected chi connectivity index (χ4v) is 2.34. The molecule has 0 fully saturated rings. The van der Waals surface area contributed by atoms with Crippen molar-refractivity contribution >= 4 is 5.91 Å². The molecule has 0 spiro atoms. The third kappa shape index (κ3) is 6.37. The molecule has 0 radical (unpaired) electrons. The molecule has 0 aliphatic heterocycles. The number of nitrogens with one attached hydrogen (secondary N) is 1. The van der Waals surface area contributed by atoms with E-state index in [-0.39, 0.29) is 12.5 Å². The standard InChI is InChI=1S/C20H25NO4/c1-15-6-8-16(9-7-15)5-4-10-21-20(22)14-25-19-12-17(23-2)11-18(13-19)24-3/h6-9,11-13H,4-5,10,14H2,1-3H3,(H,21,22). The second kappa shape index (κ2) is 9.57. The number of benzene rings is 2. The molecule has 2 aromatic rings. The van der Waals surface area contributed by atoms with E-state index in [1.54, 1.807) is 32.4 Å². The van der Waals surface area contributed by atoms with E-state index in [9.17, 15) is 4.79 Å². The Bertz CT molecular complexity index is 660. The Balaban J connectivity index is 1.71. The molecule has 0 saturated heterocycles. The highest BCUT2D eigenvalue weighted by molar-refractivity contribution is 5.77. The molecular formula is C20H25NO4. The van der Waals surface area contributed by atoms with Gasteiger partial charge in [0, 0.05) is 24.7 Å². The van der Waals surface area contributed by atoms with Crippen LogP contribution in [0.15, 0.2) is 42.5 Å². The summed E-state index contributed by atoms with van der Waals surface area (Å²) in [5, 5.41) is 2.87. The molecule has 134 valence electrons. The van der Waals surface area contributed by atoms with Gasteiger partial charge in [0.1, 0.15) is 17.2 Å². The van der Waals surface area contributed by atoms with Crippen molar-refractivity contribution in [3.8, 4) is 17.2 Å². The average Bonchev–Trinajstić information content (AvgIpc) is 2.64. The SMILES string of the molecule is COc1cc(OC)cc(OCC(=O)NCCCc2ccc(C)cc2)c1. The molecule has 0 atom stereocenters. The predicted molar refractivity (Wildman–Crippen MR) is 97.6 cm³/mol. The maximum Gasteiger partial charge on any atom is 0.257 e. The number of aryl methyl sites for hydroxylation is 2. The highest BCUT2D eigenvalue weighted by Crippen LogP contribution is 2.27. The smallest absolute Gasteiger partial charge is 0.257 e. The number of ether oxygens (including phenoxy) is 3.